The molecule has 1 atom stereocenters. The Morgan fingerprint density at radius 1 is 0.804 bits per heavy atom. The van der Waals surface area contributed by atoms with Gasteiger partial charge in [-0.05, 0) is 48.1 Å². The molecule has 0 aliphatic carbocycles. The van der Waals surface area contributed by atoms with Crippen LogP contribution in [0, 0.1) is 0 Å². The molecule has 5 rings (SSSR count). The molecule has 5 aromatic rings. The van der Waals surface area contributed by atoms with Crippen LogP contribution in [0.5, 0.6) is 5.75 Å². The lowest BCUT2D eigenvalue weighted by Crippen LogP contribution is -2.79. The van der Waals surface area contributed by atoms with Gasteiger partial charge >= 0.3 is 5.96 Å². The predicted octanol–water partition coefficient (Wildman–Crippen LogP) is 2.36. The van der Waals surface area contributed by atoms with E-state index in [1.807, 2.05) is 97.2 Å². The summed E-state index contributed by atoms with van der Waals surface area (Å²) in [7, 11) is 0. The van der Waals surface area contributed by atoms with Crippen molar-refractivity contribution < 1.29 is 24.5 Å². The van der Waals surface area contributed by atoms with E-state index in [4.69, 9.17) is 5.73 Å². The first kappa shape index (κ1) is 36.0. The Morgan fingerprint density at radius 2 is 1.43 bits per heavy atom. The molecular weight excluding hydrogens is 644 g/mol. The lowest BCUT2D eigenvalue weighted by atomic mass is 9.90. The number of hydrogen-bond acceptors (Lipinski definition) is 6. The smallest absolute Gasteiger partial charge is 0.348 e. The molecule has 0 saturated heterocycles. The molecule has 0 aliphatic rings. The SMILES string of the molecule is NC(NC(=O)CCCn1cc(-c2ccccc2)nn1)=[NH+]CCC[C@@H](NC(=O)C(c1ccccc1)c1ccccc1)C(=O)NCc1ccc(O)cc1. The Labute approximate surface area is 296 Å². The summed E-state index contributed by atoms with van der Waals surface area (Å²) < 4.78 is 1.71. The summed E-state index contributed by atoms with van der Waals surface area (Å²) in [6.45, 7) is 1.10. The van der Waals surface area contributed by atoms with Crippen molar-refractivity contribution in [3.63, 3.8) is 0 Å². The highest BCUT2D eigenvalue weighted by Crippen LogP contribution is 2.25. The molecule has 51 heavy (non-hydrogen) atoms. The molecule has 0 fully saturated rings. The normalized spacial score (nSPS) is 11.9. The van der Waals surface area contributed by atoms with Crippen molar-refractivity contribution in [2.24, 2.45) is 5.73 Å². The minimum Gasteiger partial charge on any atom is -0.508 e. The second-order valence-electron chi connectivity index (χ2n) is 12.1. The fraction of sp³-hybridized carbons (Fsp3) is 0.231. The van der Waals surface area contributed by atoms with Crippen molar-refractivity contribution in [3.05, 3.63) is 138 Å². The summed E-state index contributed by atoms with van der Waals surface area (Å²) in [4.78, 5) is 42.8. The quantitative estimate of drug-likeness (QED) is 0.0524. The first-order chi connectivity index (χ1) is 24.9. The van der Waals surface area contributed by atoms with E-state index in [-0.39, 0.29) is 42.4 Å². The number of aromatic hydroxyl groups is 1. The molecule has 0 bridgehead atoms. The van der Waals surface area contributed by atoms with Crippen molar-refractivity contribution in [1.29, 1.82) is 0 Å². The number of nitrogens with two attached hydrogens (primary N) is 1. The van der Waals surface area contributed by atoms with Crippen LogP contribution in [0.1, 0.15) is 48.3 Å². The molecule has 12 nitrogen and oxygen atoms in total. The Kier molecular flexibility index (Phi) is 13.0. The van der Waals surface area contributed by atoms with Gasteiger partial charge in [-0.1, -0.05) is 108 Å². The Balaban J connectivity index is 1.15. The Bertz CT molecular complexity index is 1840. The molecular formula is C39H43N8O4+. The van der Waals surface area contributed by atoms with Crippen LogP contribution < -0.4 is 26.7 Å². The van der Waals surface area contributed by atoms with Crippen LogP contribution in [-0.2, 0) is 27.5 Å². The maximum Gasteiger partial charge on any atom is 0.348 e. The standard InChI is InChI=1S/C39H42N8O4/c40-39(44-35(49)19-11-25-47-27-34(45-46-47)29-12-4-1-5-13-29)41-24-10-18-33(37(50)42-26-28-20-22-32(48)23-21-28)43-38(51)36(30-14-6-2-7-15-30)31-16-8-3-9-17-31/h1-9,12-17,20-23,27,33,36,48H,10-11,18-19,24-26H2,(H,42,50)(H,43,51)(H3,40,41,44,49)/p+1/t33-/m1/s1. The average molecular weight is 688 g/mol. The number of carbonyl (C=O) groups is 3. The monoisotopic (exact) mass is 687 g/mol. The second-order valence-corrected chi connectivity index (χ2v) is 12.1. The molecule has 0 unspecified atom stereocenters. The van der Waals surface area contributed by atoms with Crippen LogP contribution in [0.3, 0.4) is 0 Å². The number of hydrogen-bond donors (Lipinski definition) is 6. The molecule has 1 aromatic heterocycles. The Hall–Kier alpha value is -6.30. The number of guanidine groups is 1. The van der Waals surface area contributed by atoms with Gasteiger partial charge in [-0.15, -0.1) is 5.10 Å². The third-order valence-corrected chi connectivity index (χ3v) is 8.22. The number of amides is 3. The molecule has 4 aromatic carbocycles. The van der Waals surface area contributed by atoms with E-state index in [0.29, 0.717) is 32.4 Å². The van der Waals surface area contributed by atoms with Gasteiger partial charge in [0.05, 0.1) is 18.7 Å². The molecule has 3 amide bonds. The summed E-state index contributed by atoms with van der Waals surface area (Å²) >= 11 is 0. The van der Waals surface area contributed by atoms with Crippen LogP contribution in [0.4, 0.5) is 0 Å². The van der Waals surface area contributed by atoms with Crippen LogP contribution in [0.25, 0.3) is 11.3 Å². The molecule has 12 heteroatoms. The third kappa shape index (κ3) is 11.1. The molecule has 0 radical (unpaired) electrons. The van der Waals surface area contributed by atoms with Crippen molar-refractivity contribution in [2.45, 2.75) is 50.7 Å². The minimum atomic E-state index is -0.846. The zero-order chi connectivity index (χ0) is 35.8. The van der Waals surface area contributed by atoms with Gasteiger partial charge < -0.3 is 15.7 Å². The van der Waals surface area contributed by atoms with Crippen LogP contribution in [-0.4, -0.2) is 56.4 Å². The van der Waals surface area contributed by atoms with E-state index in [0.717, 1.165) is 27.9 Å². The van der Waals surface area contributed by atoms with E-state index in [1.54, 1.807) is 28.9 Å². The highest BCUT2D eigenvalue weighted by Gasteiger charge is 2.28. The average Bonchev–Trinajstić information content (AvgIpc) is 3.63. The van der Waals surface area contributed by atoms with Gasteiger partial charge in [-0.2, -0.15) is 0 Å². The fourth-order valence-electron chi connectivity index (χ4n) is 5.57. The number of rotatable bonds is 16. The van der Waals surface area contributed by atoms with Gasteiger partial charge in [0.25, 0.3) is 5.91 Å². The van der Waals surface area contributed by atoms with Crippen molar-refractivity contribution in [3.8, 4) is 17.0 Å². The summed E-state index contributed by atoms with van der Waals surface area (Å²) in [5.41, 5.74) is 10.2. The van der Waals surface area contributed by atoms with Gasteiger partial charge in [-0.25, -0.2) is 5.32 Å². The third-order valence-electron chi connectivity index (χ3n) is 8.22. The lowest BCUT2D eigenvalue weighted by Gasteiger charge is -2.23. The number of carbonyl (C=O) groups excluding carboxylic acids is 3. The number of nitrogens with one attached hydrogen (secondary N) is 4. The summed E-state index contributed by atoms with van der Waals surface area (Å²) in [5, 5.41) is 26.5. The highest BCUT2D eigenvalue weighted by molar-refractivity contribution is 5.93. The molecule has 0 spiro atoms. The second kappa shape index (κ2) is 18.5. The van der Waals surface area contributed by atoms with Crippen molar-refractivity contribution in [1.82, 2.24) is 30.9 Å². The number of aromatic nitrogens is 3. The lowest BCUT2D eigenvalue weighted by molar-refractivity contribution is -0.460. The largest absolute Gasteiger partial charge is 0.508 e. The number of phenols is 1. The maximum atomic E-state index is 13.9. The minimum absolute atomic E-state index is 0.109. The summed E-state index contributed by atoms with van der Waals surface area (Å²) in [5.74, 6) is -1.26. The Morgan fingerprint density at radius 3 is 2.08 bits per heavy atom. The van der Waals surface area contributed by atoms with Crippen molar-refractivity contribution in [2.75, 3.05) is 6.54 Å². The van der Waals surface area contributed by atoms with E-state index < -0.39 is 12.0 Å². The van der Waals surface area contributed by atoms with E-state index in [1.165, 1.54) is 0 Å². The topological polar surface area (TPSA) is 178 Å². The van der Waals surface area contributed by atoms with E-state index in [2.05, 4.69) is 31.3 Å². The molecule has 1 heterocycles. The van der Waals surface area contributed by atoms with Crippen LogP contribution >= 0.6 is 0 Å². The van der Waals surface area contributed by atoms with Gasteiger partial charge in [0.2, 0.25) is 11.8 Å². The van der Waals surface area contributed by atoms with Crippen molar-refractivity contribution >= 4 is 23.7 Å². The number of benzene rings is 4. The first-order valence-electron chi connectivity index (χ1n) is 16.9. The number of phenolic OH excluding ortho intramolecular Hbond substituents is 1. The van der Waals surface area contributed by atoms with Gasteiger partial charge in [0.1, 0.15) is 17.5 Å². The van der Waals surface area contributed by atoms with Gasteiger partial charge in [-0.3, -0.25) is 29.8 Å². The zero-order valence-electron chi connectivity index (χ0n) is 28.2. The number of nitrogens with zero attached hydrogens (tertiary/aromatic N) is 3. The van der Waals surface area contributed by atoms with Gasteiger partial charge in [0.15, 0.2) is 0 Å². The maximum absolute atomic E-state index is 13.9. The summed E-state index contributed by atoms with van der Waals surface area (Å²) in [6, 6.07) is 34.3. The van der Waals surface area contributed by atoms with E-state index >= 15 is 0 Å². The summed E-state index contributed by atoms with van der Waals surface area (Å²) in [6.07, 6.45) is 3.40. The molecule has 7 N–H and O–H groups in total. The van der Waals surface area contributed by atoms with Crippen LogP contribution in [0.2, 0.25) is 0 Å². The van der Waals surface area contributed by atoms with Gasteiger partial charge in [0, 0.05) is 25.1 Å². The molecule has 0 aliphatic heterocycles. The van der Waals surface area contributed by atoms with E-state index in [9.17, 15) is 19.5 Å². The highest BCUT2D eigenvalue weighted by atomic mass is 16.3. The molecule has 0 saturated carbocycles. The zero-order valence-corrected chi connectivity index (χ0v) is 28.2. The molecule has 262 valence electrons. The number of aryl methyl sites for hydroxylation is 1. The first-order valence-corrected chi connectivity index (χ1v) is 16.9. The fourth-order valence-corrected chi connectivity index (χ4v) is 5.57. The van der Waals surface area contributed by atoms with Crippen LogP contribution in [0.15, 0.2) is 121 Å². The predicted molar refractivity (Wildman–Crippen MR) is 194 cm³/mol.